The first-order valence-electron chi connectivity index (χ1n) is 11.0. The molecule has 0 aliphatic heterocycles. The number of rotatable bonds is 9. The number of hydrogen-bond donors (Lipinski definition) is 5. The van der Waals surface area contributed by atoms with Gasteiger partial charge in [-0.25, -0.2) is 0 Å². The van der Waals surface area contributed by atoms with Gasteiger partial charge in [-0.05, 0) is 41.5 Å². The van der Waals surface area contributed by atoms with E-state index >= 15 is 0 Å². The van der Waals surface area contributed by atoms with Gasteiger partial charge in [0.1, 0.15) is 11.9 Å². The summed E-state index contributed by atoms with van der Waals surface area (Å²) in [5.74, 6) is -0.778. The molecule has 4 rings (SSSR count). The summed E-state index contributed by atoms with van der Waals surface area (Å²) in [6.07, 6.45) is 4.97. The van der Waals surface area contributed by atoms with Crippen molar-refractivity contribution in [2.24, 2.45) is 5.73 Å². The molecule has 9 heteroatoms. The summed E-state index contributed by atoms with van der Waals surface area (Å²) in [5.41, 5.74) is 9.09. The highest BCUT2D eigenvalue weighted by Crippen LogP contribution is 2.26. The summed E-state index contributed by atoms with van der Waals surface area (Å²) in [7, 11) is 0. The lowest BCUT2D eigenvalue weighted by Gasteiger charge is -2.21. The number of hydrogen-bond acceptors (Lipinski definition) is 6. The van der Waals surface area contributed by atoms with Gasteiger partial charge in [0.05, 0.1) is 12.1 Å². The number of nitrogens with two attached hydrogens (primary N) is 1. The van der Waals surface area contributed by atoms with Crippen LogP contribution in [0.3, 0.4) is 0 Å². The van der Waals surface area contributed by atoms with Gasteiger partial charge in [0.2, 0.25) is 11.8 Å². The van der Waals surface area contributed by atoms with Gasteiger partial charge in [0, 0.05) is 41.8 Å². The molecule has 0 fully saturated rings. The first-order chi connectivity index (χ1) is 17.0. The van der Waals surface area contributed by atoms with Crippen LogP contribution in [-0.4, -0.2) is 34.2 Å². The average molecular weight is 468 g/mol. The van der Waals surface area contributed by atoms with Crippen molar-refractivity contribution in [2.75, 3.05) is 11.9 Å². The van der Waals surface area contributed by atoms with E-state index < -0.39 is 6.04 Å². The lowest BCUT2D eigenvalue weighted by molar-refractivity contribution is -0.126. The Morgan fingerprint density at radius 1 is 0.971 bits per heavy atom. The van der Waals surface area contributed by atoms with E-state index in [1.807, 2.05) is 30.3 Å². The zero-order valence-corrected chi connectivity index (χ0v) is 18.9. The summed E-state index contributed by atoms with van der Waals surface area (Å²) in [5, 5.41) is 17.2. The van der Waals surface area contributed by atoms with Gasteiger partial charge in [-0.15, -0.1) is 0 Å². The van der Waals surface area contributed by atoms with Gasteiger partial charge in [0.25, 0.3) is 0 Å². The van der Waals surface area contributed by atoms with Crippen molar-refractivity contribution in [1.29, 1.82) is 5.41 Å². The van der Waals surface area contributed by atoms with Crippen LogP contribution in [0.4, 0.5) is 5.69 Å². The van der Waals surface area contributed by atoms with E-state index in [4.69, 9.17) is 11.1 Å². The predicted molar refractivity (Wildman–Crippen MR) is 135 cm³/mol. The maximum absolute atomic E-state index is 13.3. The van der Waals surface area contributed by atoms with E-state index in [9.17, 15) is 9.59 Å². The highest BCUT2D eigenvalue weighted by molar-refractivity contribution is 5.97. The lowest BCUT2D eigenvalue weighted by atomic mass is 10.0. The van der Waals surface area contributed by atoms with Crippen LogP contribution < -0.4 is 21.7 Å². The standard InChI is InChI=1S/C26H25N7O2/c27-25(28)18-6-3-7-19(13-18)33-24(21-10-12-30-22-9-2-1-8-20(21)22)26(35)32-16-23(34)31-15-17-5-4-11-29-14-17/h1-14,24,33H,15-16H2,(H3,27,28)(H,31,34)(H,32,35). The second-order valence-electron chi connectivity index (χ2n) is 7.84. The third-order valence-electron chi connectivity index (χ3n) is 5.38. The van der Waals surface area contributed by atoms with E-state index in [1.165, 1.54) is 0 Å². The monoisotopic (exact) mass is 467 g/mol. The first kappa shape index (κ1) is 23.4. The molecular formula is C26H25N7O2. The SMILES string of the molecule is N=C(N)c1cccc(NC(C(=O)NCC(=O)NCc2cccnc2)c2ccnc3ccccc23)c1. The second kappa shape index (κ2) is 10.9. The number of carbonyl (C=O) groups excluding carboxylic acids is 2. The van der Waals surface area contributed by atoms with Crippen LogP contribution in [0.15, 0.2) is 85.3 Å². The summed E-state index contributed by atoms with van der Waals surface area (Å²) >= 11 is 0. The van der Waals surface area contributed by atoms with Gasteiger partial charge in [-0.1, -0.05) is 36.4 Å². The summed E-state index contributed by atoms with van der Waals surface area (Å²) < 4.78 is 0. The Hall–Kier alpha value is -4.79. The van der Waals surface area contributed by atoms with Crippen molar-refractivity contribution in [3.8, 4) is 0 Å². The molecule has 176 valence electrons. The number of anilines is 1. The molecule has 0 spiro atoms. The third-order valence-corrected chi connectivity index (χ3v) is 5.38. The number of aromatic nitrogens is 2. The van der Waals surface area contributed by atoms with Gasteiger partial charge in [-0.3, -0.25) is 25.0 Å². The summed E-state index contributed by atoms with van der Waals surface area (Å²) in [4.78, 5) is 34.1. The van der Waals surface area contributed by atoms with Crippen molar-refractivity contribution in [3.05, 3.63) is 102 Å². The largest absolute Gasteiger partial charge is 0.384 e. The number of pyridine rings is 2. The minimum absolute atomic E-state index is 0.0747. The fourth-order valence-electron chi connectivity index (χ4n) is 3.63. The molecule has 0 bridgehead atoms. The quantitative estimate of drug-likeness (QED) is 0.189. The topological polar surface area (TPSA) is 146 Å². The van der Waals surface area contributed by atoms with Crippen LogP contribution in [-0.2, 0) is 16.1 Å². The average Bonchev–Trinajstić information content (AvgIpc) is 2.89. The van der Waals surface area contributed by atoms with Crippen molar-refractivity contribution in [2.45, 2.75) is 12.6 Å². The van der Waals surface area contributed by atoms with E-state index in [0.717, 1.165) is 16.5 Å². The van der Waals surface area contributed by atoms with Crippen LogP contribution in [0.2, 0.25) is 0 Å². The van der Waals surface area contributed by atoms with Crippen LogP contribution in [0.25, 0.3) is 10.9 Å². The Kier molecular flexibility index (Phi) is 7.27. The third kappa shape index (κ3) is 5.97. The number of para-hydroxylation sites is 1. The highest BCUT2D eigenvalue weighted by atomic mass is 16.2. The van der Waals surface area contributed by atoms with E-state index in [0.29, 0.717) is 23.4 Å². The zero-order chi connectivity index (χ0) is 24.6. The van der Waals surface area contributed by atoms with Crippen molar-refractivity contribution < 1.29 is 9.59 Å². The minimum atomic E-state index is -0.823. The molecule has 0 radical (unpaired) electrons. The van der Waals surface area contributed by atoms with Crippen LogP contribution in [0, 0.1) is 5.41 Å². The van der Waals surface area contributed by atoms with Crippen LogP contribution in [0.5, 0.6) is 0 Å². The fraction of sp³-hybridized carbons (Fsp3) is 0.115. The van der Waals surface area contributed by atoms with Gasteiger partial charge in [0.15, 0.2) is 0 Å². The van der Waals surface area contributed by atoms with Crippen LogP contribution >= 0.6 is 0 Å². The Morgan fingerprint density at radius 3 is 2.63 bits per heavy atom. The smallest absolute Gasteiger partial charge is 0.247 e. The number of nitrogens with zero attached hydrogens (tertiary/aromatic N) is 2. The van der Waals surface area contributed by atoms with Gasteiger partial charge >= 0.3 is 0 Å². The number of benzene rings is 2. The molecule has 2 aromatic carbocycles. The highest BCUT2D eigenvalue weighted by Gasteiger charge is 2.23. The van der Waals surface area contributed by atoms with Crippen LogP contribution in [0.1, 0.15) is 22.7 Å². The Balaban J connectivity index is 1.54. The first-order valence-corrected chi connectivity index (χ1v) is 11.0. The second-order valence-corrected chi connectivity index (χ2v) is 7.84. The molecule has 2 heterocycles. The maximum Gasteiger partial charge on any atom is 0.247 e. The molecule has 4 aromatic rings. The van der Waals surface area contributed by atoms with Gasteiger partial charge < -0.3 is 21.7 Å². The van der Waals surface area contributed by atoms with E-state index in [-0.39, 0.29) is 24.2 Å². The van der Waals surface area contributed by atoms with E-state index in [2.05, 4.69) is 25.9 Å². The molecule has 6 N–H and O–H groups in total. The molecular weight excluding hydrogens is 442 g/mol. The molecule has 0 saturated heterocycles. The normalized spacial score (nSPS) is 11.4. The molecule has 2 amide bonds. The Morgan fingerprint density at radius 2 is 1.83 bits per heavy atom. The Labute approximate surface area is 202 Å². The summed E-state index contributed by atoms with van der Waals surface area (Å²) in [6, 6.07) is 19.1. The molecule has 35 heavy (non-hydrogen) atoms. The molecule has 0 aliphatic carbocycles. The number of fused-ring (bicyclic) bond motifs is 1. The number of amidine groups is 1. The number of nitrogen functional groups attached to an aromatic ring is 1. The summed E-state index contributed by atoms with van der Waals surface area (Å²) in [6.45, 7) is 0.130. The Bertz CT molecular complexity index is 1350. The number of nitrogens with one attached hydrogen (secondary N) is 4. The number of amides is 2. The lowest BCUT2D eigenvalue weighted by Crippen LogP contribution is -2.40. The molecule has 1 atom stereocenters. The van der Waals surface area contributed by atoms with Crippen molar-refractivity contribution in [1.82, 2.24) is 20.6 Å². The maximum atomic E-state index is 13.3. The molecule has 2 aromatic heterocycles. The molecule has 9 nitrogen and oxygen atoms in total. The van der Waals surface area contributed by atoms with Crippen molar-refractivity contribution >= 4 is 34.2 Å². The van der Waals surface area contributed by atoms with Crippen molar-refractivity contribution in [3.63, 3.8) is 0 Å². The van der Waals surface area contributed by atoms with Gasteiger partial charge in [-0.2, -0.15) is 0 Å². The molecule has 0 saturated carbocycles. The zero-order valence-electron chi connectivity index (χ0n) is 18.9. The molecule has 0 aliphatic rings. The fourth-order valence-corrected chi connectivity index (χ4v) is 3.63. The minimum Gasteiger partial charge on any atom is -0.384 e. The molecule has 1 unspecified atom stereocenters. The number of carbonyl (C=O) groups is 2. The van der Waals surface area contributed by atoms with E-state index in [1.54, 1.807) is 55.0 Å². The predicted octanol–water partition coefficient (Wildman–Crippen LogP) is 2.50.